The number of rotatable bonds is 5. The SMILES string of the molecule is CN1CCC(C2c3ccc(Cl)cc3C=C(CCCN3CCCC3=O)c3cccnc32)CC1. The molecular formula is C27H32ClN3O. The summed E-state index contributed by atoms with van der Waals surface area (Å²) >= 11 is 6.45. The second-order valence-electron chi connectivity index (χ2n) is 9.59. The molecule has 2 aliphatic heterocycles. The van der Waals surface area contributed by atoms with Crippen LogP contribution < -0.4 is 0 Å². The number of nitrogens with zero attached hydrogens (tertiary/aromatic N) is 3. The molecule has 0 saturated carbocycles. The Morgan fingerprint density at radius 2 is 2.00 bits per heavy atom. The fraction of sp³-hybridized carbons (Fsp3) is 0.481. The molecule has 5 rings (SSSR count). The summed E-state index contributed by atoms with van der Waals surface area (Å²) in [4.78, 5) is 21.5. The maximum absolute atomic E-state index is 12.0. The first kappa shape index (κ1) is 21.7. The van der Waals surface area contributed by atoms with Gasteiger partial charge < -0.3 is 9.80 Å². The molecule has 0 radical (unpaired) electrons. The van der Waals surface area contributed by atoms with Gasteiger partial charge in [0, 0.05) is 36.6 Å². The molecular weight excluding hydrogens is 418 g/mol. The van der Waals surface area contributed by atoms with E-state index in [9.17, 15) is 4.79 Å². The molecule has 0 spiro atoms. The van der Waals surface area contributed by atoms with E-state index in [4.69, 9.17) is 16.6 Å². The van der Waals surface area contributed by atoms with Gasteiger partial charge in [-0.25, -0.2) is 0 Å². The Morgan fingerprint density at radius 3 is 2.78 bits per heavy atom. The van der Waals surface area contributed by atoms with Crippen molar-refractivity contribution in [1.29, 1.82) is 0 Å². The number of benzene rings is 1. The highest BCUT2D eigenvalue weighted by Crippen LogP contribution is 2.45. The lowest BCUT2D eigenvalue weighted by Gasteiger charge is -2.35. The number of allylic oxidation sites excluding steroid dienone is 1. The van der Waals surface area contributed by atoms with Crippen LogP contribution in [0.4, 0.5) is 0 Å². The van der Waals surface area contributed by atoms with Crippen LogP contribution in [0.3, 0.4) is 0 Å². The number of likely N-dealkylation sites (tertiary alicyclic amines) is 2. The van der Waals surface area contributed by atoms with Gasteiger partial charge >= 0.3 is 0 Å². The fourth-order valence-electron chi connectivity index (χ4n) is 5.75. The minimum Gasteiger partial charge on any atom is -0.343 e. The van der Waals surface area contributed by atoms with E-state index in [0.717, 1.165) is 50.5 Å². The Kier molecular flexibility index (Phi) is 6.34. The second-order valence-corrected chi connectivity index (χ2v) is 10.0. The average molecular weight is 450 g/mol. The third-order valence-corrected chi connectivity index (χ3v) is 7.71. The topological polar surface area (TPSA) is 36.4 Å². The lowest BCUT2D eigenvalue weighted by molar-refractivity contribution is -0.127. The fourth-order valence-corrected chi connectivity index (χ4v) is 5.93. The van der Waals surface area contributed by atoms with Crippen molar-refractivity contribution in [1.82, 2.24) is 14.8 Å². The minimum atomic E-state index is 0.293. The van der Waals surface area contributed by atoms with E-state index in [1.54, 1.807) is 0 Å². The van der Waals surface area contributed by atoms with Crippen molar-refractivity contribution >= 4 is 29.2 Å². The van der Waals surface area contributed by atoms with E-state index in [2.05, 4.69) is 42.3 Å². The van der Waals surface area contributed by atoms with Crippen LogP contribution in [-0.2, 0) is 4.79 Å². The summed E-state index contributed by atoms with van der Waals surface area (Å²) in [7, 11) is 2.22. The third kappa shape index (κ3) is 4.35. The molecule has 5 heteroatoms. The molecule has 2 saturated heterocycles. The lowest BCUT2D eigenvalue weighted by Crippen LogP contribution is -2.33. The van der Waals surface area contributed by atoms with Crippen molar-refractivity contribution in [2.24, 2.45) is 5.92 Å². The van der Waals surface area contributed by atoms with Gasteiger partial charge in [-0.05, 0) is 98.6 Å². The Morgan fingerprint density at radius 1 is 1.16 bits per heavy atom. The first-order valence-corrected chi connectivity index (χ1v) is 12.4. The van der Waals surface area contributed by atoms with Gasteiger partial charge in [-0.15, -0.1) is 0 Å². The minimum absolute atomic E-state index is 0.293. The third-order valence-electron chi connectivity index (χ3n) is 7.47. The standard InChI is InChI=1S/C27H32ClN3O/c1-30-15-10-19(11-16-30)26-23-9-8-22(28)18-21(23)17-20(24-6-2-12-29-27(24)26)5-3-13-31-14-4-7-25(31)32/h2,6,8-9,12,17-19,26H,3-5,7,10-11,13-16H2,1H3. The zero-order chi connectivity index (χ0) is 22.1. The van der Waals surface area contributed by atoms with Gasteiger partial charge in [-0.2, -0.15) is 0 Å². The van der Waals surface area contributed by atoms with Crippen molar-refractivity contribution in [2.45, 2.75) is 44.4 Å². The maximum atomic E-state index is 12.0. The van der Waals surface area contributed by atoms with Gasteiger partial charge in [0.05, 0.1) is 5.69 Å². The molecule has 1 amide bonds. The van der Waals surface area contributed by atoms with Crippen LogP contribution >= 0.6 is 11.6 Å². The highest BCUT2D eigenvalue weighted by molar-refractivity contribution is 6.30. The van der Waals surface area contributed by atoms with Crippen LogP contribution in [-0.4, -0.2) is 53.9 Å². The molecule has 1 atom stereocenters. The van der Waals surface area contributed by atoms with Gasteiger partial charge in [0.15, 0.2) is 0 Å². The van der Waals surface area contributed by atoms with Crippen LogP contribution in [0.15, 0.2) is 36.5 Å². The smallest absolute Gasteiger partial charge is 0.222 e. The average Bonchev–Trinajstić information content (AvgIpc) is 3.15. The maximum Gasteiger partial charge on any atom is 0.222 e. The van der Waals surface area contributed by atoms with Crippen LogP contribution in [0, 0.1) is 5.92 Å². The zero-order valence-corrected chi connectivity index (χ0v) is 19.7. The lowest BCUT2D eigenvalue weighted by atomic mass is 9.76. The summed E-state index contributed by atoms with van der Waals surface area (Å²) in [5.74, 6) is 1.18. The number of pyridine rings is 1. The van der Waals surface area contributed by atoms with Crippen molar-refractivity contribution in [3.63, 3.8) is 0 Å². The molecule has 1 unspecified atom stereocenters. The van der Waals surface area contributed by atoms with E-state index < -0.39 is 0 Å². The molecule has 3 heterocycles. The quantitative estimate of drug-likeness (QED) is 0.607. The summed E-state index contributed by atoms with van der Waals surface area (Å²) in [5, 5.41) is 0.781. The molecule has 2 fully saturated rings. The molecule has 0 N–H and O–H groups in total. The normalized spacial score (nSPS) is 21.8. The second kappa shape index (κ2) is 9.36. The van der Waals surface area contributed by atoms with E-state index >= 15 is 0 Å². The van der Waals surface area contributed by atoms with Gasteiger partial charge in [0.25, 0.3) is 0 Å². The monoisotopic (exact) mass is 449 g/mol. The van der Waals surface area contributed by atoms with Crippen molar-refractivity contribution in [2.75, 3.05) is 33.2 Å². The van der Waals surface area contributed by atoms with Gasteiger partial charge in [0.2, 0.25) is 5.91 Å². The number of hydrogen-bond donors (Lipinski definition) is 0. The first-order chi connectivity index (χ1) is 15.6. The molecule has 4 nitrogen and oxygen atoms in total. The number of amides is 1. The summed E-state index contributed by atoms with van der Waals surface area (Å²) in [6.45, 7) is 4.02. The van der Waals surface area contributed by atoms with Crippen LogP contribution in [0.25, 0.3) is 11.6 Å². The number of halogens is 1. The largest absolute Gasteiger partial charge is 0.343 e. The van der Waals surface area contributed by atoms with Crippen LogP contribution in [0.1, 0.15) is 66.8 Å². The van der Waals surface area contributed by atoms with Crippen molar-refractivity contribution in [3.05, 3.63) is 63.9 Å². The molecule has 0 bridgehead atoms. The highest BCUT2D eigenvalue weighted by atomic mass is 35.5. The Labute approximate surface area is 196 Å². The van der Waals surface area contributed by atoms with E-state index in [0.29, 0.717) is 24.2 Å². The molecule has 1 aromatic heterocycles. The van der Waals surface area contributed by atoms with Gasteiger partial charge in [0.1, 0.15) is 0 Å². The predicted octanol–water partition coefficient (Wildman–Crippen LogP) is 5.47. The van der Waals surface area contributed by atoms with Gasteiger partial charge in [-0.3, -0.25) is 9.78 Å². The number of piperidine rings is 1. The molecule has 168 valence electrons. The summed E-state index contributed by atoms with van der Waals surface area (Å²) in [6, 6.07) is 10.7. The number of carbonyl (C=O) groups is 1. The predicted molar refractivity (Wildman–Crippen MR) is 131 cm³/mol. The summed E-state index contributed by atoms with van der Waals surface area (Å²) in [5.41, 5.74) is 6.39. The van der Waals surface area contributed by atoms with Crippen LogP contribution in [0.2, 0.25) is 5.02 Å². The number of fused-ring (bicyclic) bond motifs is 2. The van der Waals surface area contributed by atoms with E-state index in [1.165, 1.54) is 40.8 Å². The number of aromatic nitrogens is 1. The summed E-state index contributed by atoms with van der Waals surface area (Å²) in [6.07, 6.45) is 10.3. The van der Waals surface area contributed by atoms with Crippen molar-refractivity contribution < 1.29 is 4.79 Å². The summed E-state index contributed by atoms with van der Waals surface area (Å²) < 4.78 is 0. The zero-order valence-electron chi connectivity index (χ0n) is 18.9. The Balaban J connectivity index is 1.50. The highest BCUT2D eigenvalue weighted by Gasteiger charge is 2.33. The Bertz CT molecular complexity index is 1030. The van der Waals surface area contributed by atoms with Crippen LogP contribution in [0.5, 0.6) is 0 Å². The van der Waals surface area contributed by atoms with E-state index in [1.807, 2.05) is 17.2 Å². The molecule has 2 aromatic rings. The molecule has 1 aromatic carbocycles. The van der Waals surface area contributed by atoms with Gasteiger partial charge in [-0.1, -0.05) is 29.8 Å². The molecule has 32 heavy (non-hydrogen) atoms. The van der Waals surface area contributed by atoms with Crippen molar-refractivity contribution in [3.8, 4) is 0 Å². The first-order valence-electron chi connectivity index (χ1n) is 12.0. The Hall–Kier alpha value is -2.17. The number of hydrogen-bond acceptors (Lipinski definition) is 3. The molecule has 1 aliphatic carbocycles. The number of carbonyl (C=O) groups excluding carboxylic acids is 1. The van der Waals surface area contributed by atoms with E-state index in [-0.39, 0.29) is 0 Å². The molecule has 3 aliphatic rings.